The van der Waals surface area contributed by atoms with Crippen molar-refractivity contribution in [3.63, 3.8) is 0 Å². The second-order valence-corrected chi connectivity index (χ2v) is 8.96. The molecule has 0 aromatic heterocycles. The summed E-state index contributed by atoms with van der Waals surface area (Å²) >= 11 is 6.07. The SMILES string of the molecule is O=C(Nc1cccc(C(F)(F)F)c1)c1ccc(Cl)c(S(=O)(=O)N2CCCCC2)c1. The Balaban J connectivity index is 1.87. The molecule has 0 spiro atoms. The van der Waals surface area contributed by atoms with Crippen LogP contribution < -0.4 is 5.32 Å². The van der Waals surface area contributed by atoms with Crippen molar-refractivity contribution in [2.75, 3.05) is 18.4 Å². The Morgan fingerprint density at radius 2 is 1.72 bits per heavy atom. The third kappa shape index (κ3) is 4.91. The summed E-state index contributed by atoms with van der Waals surface area (Å²) in [6, 6.07) is 7.94. The molecule has 0 atom stereocenters. The van der Waals surface area contributed by atoms with Gasteiger partial charge in [-0.2, -0.15) is 17.5 Å². The fourth-order valence-electron chi connectivity index (χ4n) is 3.06. The lowest BCUT2D eigenvalue weighted by Gasteiger charge is -2.26. The van der Waals surface area contributed by atoms with Crippen LogP contribution in [0.5, 0.6) is 0 Å². The smallest absolute Gasteiger partial charge is 0.322 e. The Bertz CT molecular complexity index is 1020. The Labute approximate surface area is 171 Å². The van der Waals surface area contributed by atoms with Crippen molar-refractivity contribution in [3.05, 3.63) is 58.6 Å². The van der Waals surface area contributed by atoms with Gasteiger partial charge in [0, 0.05) is 24.3 Å². The number of carbonyl (C=O) groups is 1. The average Bonchev–Trinajstić information content (AvgIpc) is 2.68. The lowest BCUT2D eigenvalue weighted by molar-refractivity contribution is -0.137. The summed E-state index contributed by atoms with van der Waals surface area (Å²) in [6.45, 7) is 0.749. The Kier molecular flexibility index (Phi) is 6.21. The molecule has 1 amide bonds. The van der Waals surface area contributed by atoms with Gasteiger partial charge < -0.3 is 5.32 Å². The summed E-state index contributed by atoms with van der Waals surface area (Å²) < 4.78 is 65.6. The van der Waals surface area contributed by atoms with Gasteiger partial charge >= 0.3 is 6.18 Å². The van der Waals surface area contributed by atoms with E-state index in [1.807, 2.05) is 0 Å². The van der Waals surface area contributed by atoms with E-state index in [0.717, 1.165) is 37.5 Å². The van der Waals surface area contributed by atoms with Crippen LogP contribution in [0.3, 0.4) is 0 Å². The highest BCUT2D eigenvalue weighted by atomic mass is 35.5. The Morgan fingerprint density at radius 1 is 1.03 bits per heavy atom. The number of benzene rings is 2. The molecule has 1 heterocycles. The van der Waals surface area contributed by atoms with E-state index < -0.39 is 27.7 Å². The lowest BCUT2D eigenvalue weighted by Crippen LogP contribution is -2.35. The number of anilines is 1. The molecular formula is C19H18ClF3N2O3S. The van der Waals surface area contributed by atoms with Gasteiger partial charge in [-0.1, -0.05) is 24.1 Å². The van der Waals surface area contributed by atoms with Crippen LogP contribution in [0.4, 0.5) is 18.9 Å². The van der Waals surface area contributed by atoms with E-state index in [1.54, 1.807) is 0 Å². The van der Waals surface area contributed by atoms with E-state index >= 15 is 0 Å². The first-order chi connectivity index (χ1) is 13.6. The van der Waals surface area contributed by atoms with Crippen LogP contribution in [-0.2, 0) is 16.2 Å². The molecule has 1 N–H and O–H groups in total. The molecule has 2 aromatic rings. The van der Waals surface area contributed by atoms with Gasteiger partial charge in [0.25, 0.3) is 5.91 Å². The third-order valence-electron chi connectivity index (χ3n) is 4.57. The van der Waals surface area contributed by atoms with Gasteiger partial charge in [-0.3, -0.25) is 4.79 Å². The number of nitrogens with one attached hydrogen (secondary N) is 1. The van der Waals surface area contributed by atoms with Crippen molar-refractivity contribution < 1.29 is 26.4 Å². The van der Waals surface area contributed by atoms with Crippen LogP contribution in [0.25, 0.3) is 0 Å². The van der Waals surface area contributed by atoms with Crippen LogP contribution in [0.2, 0.25) is 5.02 Å². The summed E-state index contributed by atoms with van der Waals surface area (Å²) in [5.41, 5.74) is -0.984. The first-order valence-electron chi connectivity index (χ1n) is 8.87. The predicted octanol–water partition coefficient (Wildman–Crippen LogP) is 4.79. The zero-order chi connectivity index (χ0) is 21.2. The number of hydrogen-bond donors (Lipinski definition) is 1. The van der Waals surface area contributed by atoms with E-state index in [1.165, 1.54) is 28.6 Å². The van der Waals surface area contributed by atoms with Gasteiger partial charge in [0.15, 0.2) is 0 Å². The van der Waals surface area contributed by atoms with Gasteiger partial charge in [-0.15, -0.1) is 0 Å². The van der Waals surface area contributed by atoms with Crippen molar-refractivity contribution in [2.45, 2.75) is 30.3 Å². The molecule has 10 heteroatoms. The molecule has 0 saturated carbocycles. The summed E-state index contributed by atoms with van der Waals surface area (Å²) in [4.78, 5) is 12.3. The van der Waals surface area contributed by atoms with Crippen LogP contribution >= 0.6 is 11.6 Å². The van der Waals surface area contributed by atoms with Crippen molar-refractivity contribution in [1.29, 1.82) is 0 Å². The highest BCUT2D eigenvalue weighted by Crippen LogP contribution is 2.31. The number of nitrogens with zero attached hydrogens (tertiary/aromatic N) is 1. The van der Waals surface area contributed by atoms with Crippen LogP contribution in [0, 0.1) is 0 Å². The van der Waals surface area contributed by atoms with Gasteiger partial charge in [0.05, 0.1) is 10.6 Å². The van der Waals surface area contributed by atoms with Gasteiger partial charge in [-0.25, -0.2) is 8.42 Å². The van der Waals surface area contributed by atoms with Crippen LogP contribution in [0.15, 0.2) is 47.4 Å². The maximum Gasteiger partial charge on any atom is 0.416 e. The quantitative estimate of drug-likeness (QED) is 0.734. The van der Waals surface area contributed by atoms with E-state index in [9.17, 15) is 26.4 Å². The summed E-state index contributed by atoms with van der Waals surface area (Å²) in [5, 5.41) is 2.34. The second kappa shape index (κ2) is 8.33. The molecule has 2 aromatic carbocycles. The monoisotopic (exact) mass is 446 g/mol. The molecule has 3 rings (SSSR count). The summed E-state index contributed by atoms with van der Waals surface area (Å²) in [7, 11) is -3.88. The minimum atomic E-state index is -4.54. The van der Waals surface area contributed by atoms with Crippen molar-refractivity contribution >= 4 is 33.2 Å². The lowest BCUT2D eigenvalue weighted by atomic mass is 10.1. The van der Waals surface area contributed by atoms with Crippen molar-refractivity contribution in [1.82, 2.24) is 4.31 Å². The third-order valence-corrected chi connectivity index (χ3v) is 6.95. The number of piperidine rings is 1. The molecule has 0 radical (unpaired) electrons. The summed E-state index contributed by atoms with van der Waals surface area (Å²) in [6.07, 6.45) is -2.12. The largest absolute Gasteiger partial charge is 0.416 e. The minimum absolute atomic E-state index is 0.0220. The molecule has 29 heavy (non-hydrogen) atoms. The fraction of sp³-hybridized carbons (Fsp3) is 0.316. The second-order valence-electron chi connectivity index (χ2n) is 6.64. The van der Waals surface area contributed by atoms with Gasteiger partial charge in [0.2, 0.25) is 10.0 Å². The number of hydrogen-bond acceptors (Lipinski definition) is 3. The van der Waals surface area contributed by atoms with E-state index in [0.29, 0.717) is 13.1 Å². The van der Waals surface area contributed by atoms with E-state index in [2.05, 4.69) is 5.32 Å². The topological polar surface area (TPSA) is 66.5 Å². The van der Waals surface area contributed by atoms with E-state index in [4.69, 9.17) is 11.6 Å². The Morgan fingerprint density at radius 3 is 2.38 bits per heavy atom. The average molecular weight is 447 g/mol. The molecule has 0 unspecified atom stereocenters. The van der Waals surface area contributed by atoms with Crippen LogP contribution in [-0.4, -0.2) is 31.7 Å². The minimum Gasteiger partial charge on any atom is -0.322 e. The molecule has 1 fully saturated rings. The highest BCUT2D eigenvalue weighted by molar-refractivity contribution is 7.89. The molecule has 156 valence electrons. The first kappa shape index (κ1) is 21.6. The number of amides is 1. The zero-order valence-electron chi connectivity index (χ0n) is 15.2. The standard InChI is InChI=1S/C19H18ClF3N2O3S/c20-16-8-7-13(11-17(16)29(27,28)25-9-2-1-3-10-25)18(26)24-15-6-4-5-14(12-15)19(21,22)23/h4-8,11-12H,1-3,9-10H2,(H,24,26). The van der Waals surface area contributed by atoms with Gasteiger partial charge in [0.1, 0.15) is 4.90 Å². The van der Waals surface area contributed by atoms with Crippen molar-refractivity contribution in [2.24, 2.45) is 0 Å². The van der Waals surface area contributed by atoms with E-state index in [-0.39, 0.29) is 21.2 Å². The molecular weight excluding hydrogens is 429 g/mol. The zero-order valence-corrected chi connectivity index (χ0v) is 16.7. The first-order valence-corrected chi connectivity index (χ1v) is 10.7. The molecule has 1 saturated heterocycles. The number of sulfonamides is 1. The molecule has 5 nitrogen and oxygen atoms in total. The maximum absolute atomic E-state index is 12.9. The number of carbonyl (C=O) groups excluding carboxylic acids is 1. The number of alkyl halides is 3. The molecule has 0 bridgehead atoms. The number of halogens is 4. The summed E-state index contributed by atoms with van der Waals surface area (Å²) in [5.74, 6) is -0.740. The fourth-order valence-corrected chi connectivity index (χ4v) is 5.08. The normalized spacial score (nSPS) is 15.9. The van der Waals surface area contributed by atoms with Crippen LogP contribution in [0.1, 0.15) is 35.2 Å². The maximum atomic E-state index is 12.9. The highest BCUT2D eigenvalue weighted by Gasteiger charge is 2.31. The number of rotatable bonds is 4. The van der Waals surface area contributed by atoms with Gasteiger partial charge in [-0.05, 0) is 49.2 Å². The predicted molar refractivity (Wildman–Crippen MR) is 103 cm³/mol. The molecule has 1 aliphatic rings. The Hall–Kier alpha value is -2.10. The molecule has 0 aliphatic carbocycles. The van der Waals surface area contributed by atoms with Crippen molar-refractivity contribution in [3.8, 4) is 0 Å². The molecule has 1 aliphatic heterocycles.